The van der Waals surface area contributed by atoms with E-state index in [0.717, 1.165) is 46.3 Å². The van der Waals surface area contributed by atoms with Crippen LogP contribution in [0.2, 0.25) is 0 Å². The second kappa shape index (κ2) is 6.66. The molecule has 3 heterocycles. The third-order valence-corrected chi connectivity index (χ3v) is 6.14. The van der Waals surface area contributed by atoms with Crippen molar-refractivity contribution in [2.45, 2.75) is 25.3 Å². The molecule has 7 heteroatoms. The first-order valence-electron chi connectivity index (χ1n) is 8.97. The van der Waals surface area contributed by atoms with Crippen molar-refractivity contribution >= 4 is 11.3 Å². The number of benzene rings is 1. The van der Waals surface area contributed by atoms with Gasteiger partial charge >= 0.3 is 0 Å². The molecule has 0 saturated heterocycles. The zero-order chi connectivity index (χ0) is 18.2. The number of thiazole rings is 1. The molecule has 1 atom stereocenters. The van der Waals surface area contributed by atoms with Crippen molar-refractivity contribution in [1.82, 2.24) is 24.7 Å². The number of aromatic nitrogens is 5. The highest BCUT2D eigenvalue weighted by molar-refractivity contribution is 7.18. The lowest BCUT2D eigenvalue weighted by molar-refractivity contribution is 0.416. The number of rotatable bonds is 4. The highest BCUT2D eigenvalue weighted by atomic mass is 32.1. The number of methoxy groups -OCH3 is 1. The van der Waals surface area contributed by atoms with E-state index in [4.69, 9.17) is 4.74 Å². The minimum atomic E-state index is 0.393. The van der Waals surface area contributed by atoms with Gasteiger partial charge in [0.1, 0.15) is 10.8 Å². The van der Waals surface area contributed by atoms with E-state index in [1.54, 1.807) is 18.4 Å². The average molecular weight is 377 g/mol. The Morgan fingerprint density at radius 2 is 2.15 bits per heavy atom. The van der Waals surface area contributed by atoms with Crippen molar-refractivity contribution in [3.8, 4) is 27.0 Å². The van der Waals surface area contributed by atoms with E-state index < -0.39 is 0 Å². The first kappa shape index (κ1) is 16.3. The number of nitrogens with zero attached hydrogens (tertiary/aromatic N) is 4. The summed E-state index contributed by atoms with van der Waals surface area (Å²) in [4.78, 5) is 10.3. The van der Waals surface area contributed by atoms with Crippen LogP contribution in [-0.2, 0) is 12.8 Å². The Hall–Kier alpha value is -2.93. The zero-order valence-corrected chi connectivity index (χ0v) is 15.7. The second-order valence-electron chi connectivity index (χ2n) is 6.66. The van der Waals surface area contributed by atoms with Gasteiger partial charge in [0.25, 0.3) is 0 Å². The number of para-hydroxylation sites is 1. The van der Waals surface area contributed by atoms with Crippen LogP contribution in [0.4, 0.5) is 0 Å². The van der Waals surface area contributed by atoms with Crippen molar-refractivity contribution in [3.63, 3.8) is 0 Å². The molecule has 1 aliphatic rings. The zero-order valence-electron chi connectivity index (χ0n) is 14.9. The predicted molar refractivity (Wildman–Crippen MR) is 105 cm³/mol. The summed E-state index contributed by atoms with van der Waals surface area (Å²) in [5.74, 6) is 1.81. The summed E-state index contributed by atoms with van der Waals surface area (Å²) in [5.41, 5.74) is 3.59. The van der Waals surface area contributed by atoms with Crippen LogP contribution in [0.3, 0.4) is 0 Å². The van der Waals surface area contributed by atoms with Crippen LogP contribution in [0, 0.1) is 0 Å². The standard InChI is InChI=1S/C20H19N5OS/c1-26-17-5-3-2-4-15(17)20-22-12-18(27-20)19-21-8-9-25(19)14-6-7-16-13(10-14)11-23-24-16/h2-5,8-9,11-12,14H,6-7,10H2,1H3,(H,23,24)/t14-/m0/s1. The molecule has 1 N–H and O–H groups in total. The first-order valence-corrected chi connectivity index (χ1v) is 9.78. The Labute approximate surface area is 160 Å². The Bertz CT molecular complexity index is 1080. The average Bonchev–Trinajstić information content (AvgIpc) is 3.46. The topological polar surface area (TPSA) is 68.6 Å². The minimum Gasteiger partial charge on any atom is -0.496 e. The van der Waals surface area contributed by atoms with Crippen molar-refractivity contribution in [2.24, 2.45) is 0 Å². The normalized spacial score (nSPS) is 16.3. The van der Waals surface area contributed by atoms with Gasteiger partial charge in [-0.1, -0.05) is 12.1 Å². The predicted octanol–water partition coefficient (Wildman–Crippen LogP) is 4.14. The quantitative estimate of drug-likeness (QED) is 0.580. The van der Waals surface area contributed by atoms with Crippen LogP contribution in [0.5, 0.6) is 5.75 Å². The van der Waals surface area contributed by atoms with E-state index >= 15 is 0 Å². The van der Waals surface area contributed by atoms with Gasteiger partial charge in [-0.2, -0.15) is 5.10 Å². The van der Waals surface area contributed by atoms with E-state index in [1.165, 1.54) is 11.3 Å². The molecule has 27 heavy (non-hydrogen) atoms. The van der Waals surface area contributed by atoms with E-state index in [1.807, 2.05) is 42.9 Å². The summed E-state index contributed by atoms with van der Waals surface area (Å²) in [7, 11) is 1.69. The van der Waals surface area contributed by atoms with Crippen LogP contribution in [-0.4, -0.2) is 31.8 Å². The van der Waals surface area contributed by atoms with Crippen LogP contribution in [0.1, 0.15) is 23.7 Å². The van der Waals surface area contributed by atoms with Gasteiger partial charge in [-0.05, 0) is 37.0 Å². The number of nitrogens with one attached hydrogen (secondary N) is 1. The molecule has 0 amide bonds. The summed E-state index contributed by atoms with van der Waals surface area (Å²) < 4.78 is 7.77. The van der Waals surface area contributed by atoms with Crippen LogP contribution in [0.25, 0.3) is 21.3 Å². The highest BCUT2D eigenvalue weighted by Gasteiger charge is 2.24. The number of imidazole rings is 1. The summed E-state index contributed by atoms with van der Waals surface area (Å²) in [5, 5.41) is 8.23. The number of ether oxygens (including phenoxy) is 1. The molecule has 136 valence electrons. The molecular formula is C20H19N5OS. The fraction of sp³-hybridized carbons (Fsp3) is 0.250. The summed E-state index contributed by atoms with van der Waals surface area (Å²) in [6.07, 6.45) is 10.9. The minimum absolute atomic E-state index is 0.393. The Morgan fingerprint density at radius 3 is 3.07 bits per heavy atom. The maximum absolute atomic E-state index is 5.48. The Kier molecular flexibility index (Phi) is 4.01. The fourth-order valence-corrected chi connectivity index (χ4v) is 4.70. The highest BCUT2D eigenvalue weighted by Crippen LogP contribution is 2.37. The molecule has 0 saturated carbocycles. The maximum atomic E-state index is 5.48. The van der Waals surface area contributed by atoms with E-state index in [9.17, 15) is 0 Å². The molecular weight excluding hydrogens is 358 g/mol. The summed E-state index contributed by atoms with van der Waals surface area (Å²) in [6, 6.07) is 8.36. The van der Waals surface area contributed by atoms with Gasteiger partial charge in [0, 0.05) is 30.3 Å². The number of H-pyrrole nitrogens is 1. The maximum Gasteiger partial charge on any atom is 0.151 e. The molecule has 0 bridgehead atoms. The second-order valence-corrected chi connectivity index (χ2v) is 7.69. The lowest BCUT2D eigenvalue weighted by Crippen LogP contribution is -2.18. The third-order valence-electron chi connectivity index (χ3n) is 5.12. The van der Waals surface area contributed by atoms with E-state index in [2.05, 4.69) is 30.9 Å². The lowest BCUT2D eigenvalue weighted by Gasteiger charge is -2.24. The third kappa shape index (κ3) is 2.84. The van der Waals surface area contributed by atoms with Gasteiger partial charge < -0.3 is 9.30 Å². The number of hydrogen-bond acceptors (Lipinski definition) is 5. The summed E-state index contributed by atoms with van der Waals surface area (Å²) in [6.45, 7) is 0. The fourth-order valence-electron chi connectivity index (χ4n) is 3.76. The molecule has 0 spiro atoms. The molecule has 0 aliphatic heterocycles. The van der Waals surface area contributed by atoms with Gasteiger partial charge in [-0.3, -0.25) is 5.10 Å². The van der Waals surface area contributed by atoms with Gasteiger partial charge in [-0.25, -0.2) is 9.97 Å². The molecule has 0 radical (unpaired) electrons. The largest absolute Gasteiger partial charge is 0.496 e. The first-order chi connectivity index (χ1) is 13.3. The molecule has 0 unspecified atom stereocenters. The number of aryl methyl sites for hydroxylation is 1. The van der Waals surface area contributed by atoms with Crippen molar-refractivity contribution in [2.75, 3.05) is 7.11 Å². The van der Waals surface area contributed by atoms with Crippen molar-refractivity contribution in [3.05, 3.63) is 60.3 Å². The van der Waals surface area contributed by atoms with Crippen molar-refractivity contribution in [1.29, 1.82) is 0 Å². The van der Waals surface area contributed by atoms with Crippen molar-refractivity contribution < 1.29 is 4.74 Å². The molecule has 0 fully saturated rings. The molecule has 4 aromatic rings. The van der Waals surface area contributed by atoms with E-state index in [0.29, 0.717) is 6.04 Å². The monoisotopic (exact) mass is 377 g/mol. The molecule has 1 aliphatic carbocycles. The van der Waals surface area contributed by atoms with Crippen LogP contribution in [0.15, 0.2) is 49.1 Å². The van der Waals surface area contributed by atoms with Gasteiger partial charge in [-0.15, -0.1) is 11.3 Å². The van der Waals surface area contributed by atoms with Crippen LogP contribution >= 0.6 is 11.3 Å². The Balaban J connectivity index is 1.48. The smallest absolute Gasteiger partial charge is 0.151 e. The number of aromatic amines is 1. The van der Waals surface area contributed by atoms with Crippen LogP contribution < -0.4 is 4.74 Å². The lowest BCUT2D eigenvalue weighted by atomic mass is 9.93. The number of fused-ring (bicyclic) bond motifs is 1. The summed E-state index contributed by atoms with van der Waals surface area (Å²) >= 11 is 1.65. The van der Waals surface area contributed by atoms with Gasteiger partial charge in [0.05, 0.1) is 23.7 Å². The SMILES string of the molecule is COc1ccccc1-c1ncc(-c2nccn2[C@H]2CCc3[nH]ncc3C2)s1. The molecule has 1 aromatic carbocycles. The molecule has 5 rings (SSSR count). The molecule has 6 nitrogen and oxygen atoms in total. The van der Waals surface area contributed by atoms with E-state index in [-0.39, 0.29) is 0 Å². The Morgan fingerprint density at radius 1 is 1.22 bits per heavy atom. The molecule has 3 aromatic heterocycles. The van der Waals surface area contributed by atoms with Gasteiger partial charge in [0.2, 0.25) is 0 Å². The van der Waals surface area contributed by atoms with Gasteiger partial charge in [0.15, 0.2) is 5.82 Å². The number of hydrogen-bond donors (Lipinski definition) is 1.